The van der Waals surface area contributed by atoms with Crippen LogP contribution in [0.15, 0.2) is 58.8 Å². The number of aryl methyl sites for hydroxylation is 3. The molecule has 1 N–H and O–H groups in total. The SMILES string of the molecule is Cc1cccc(COc2ccc(/C=N\NC(=O)CSc3nc(C)cc(C)n3)cc2I)c1. The maximum absolute atomic E-state index is 12.0. The first-order valence-electron chi connectivity index (χ1n) is 9.64. The van der Waals surface area contributed by atoms with E-state index >= 15 is 0 Å². The highest BCUT2D eigenvalue weighted by Crippen LogP contribution is 2.23. The maximum Gasteiger partial charge on any atom is 0.250 e. The monoisotopic (exact) mass is 546 g/mol. The van der Waals surface area contributed by atoms with Crippen molar-refractivity contribution in [2.24, 2.45) is 5.10 Å². The first-order chi connectivity index (χ1) is 14.9. The van der Waals surface area contributed by atoms with Gasteiger partial charge in [0.15, 0.2) is 5.16 Å². The third-order valence-corrected chi connectivity index (χ3v) is 5.82. The summed E-state index contributed by atoms with van der Waals surface area (Å²) in [6, 6.07) is 15.9. The van der Waals surface area contributed by atoms with Crippen LogP contribution in [0.2, 0.25) is 0 Å². The van der Waals surface area contributed by atoms with Gasteiger partial charge in [0, 0.05) is 11.4 Å². The number of aromatic nitrogens is 2. The van der Waals surface area contributed by atoms with E-state index in [4.69, 9.17) is 4.74 Å². The number of nitrogens with zero attached hydrogens (tertiary/aromatic N) is 3. The van der Waals surface area contributed by atoms with E-state index < -0.39 is 0 Å². The Hall–Kier alpha value is -2.46. The Labute approximate surface area is 200 Å². The topological polar surface area (TPSA) is 76.5 Å². The normalized spacial score (nSPS) is 11.0. The first-order valence-corrected chi connectivity index (χ1v) is 11.7. The van der Waals surface area contributed by atoms with Crippen molar-refractivity contribution in [3.63, 3.8) is 0 Å². The molecule has 0 fully saturated rings. The molecule has 3 rings (SSSR count). The number of benzene rings is 2. The molecule has 1 aromatic heterocycles. The molecule has 0 aliphatic heterocycles. The number of hydrogen-bond acceptors (Lipinski definition) is 6. The van der Waals surface area contributed by atoms with Gasteiger partial charge in [-0.2, -0.15) is 5.10 Å². The number of carbonyl (C=O) groups excluding carboxylic acids is 1. The molecule has 6 nitrogen and oxygen atoms in total. The van der Waals surface area contributed by atoms with Gasteiger partial charge < -0.3 is 4.74 Å². The fourth-order valence-electron chi connectivity index (χ4n) is 2.78. The molecule has 8 heteroatoms. The lowest BCUT2D eigenvalue weighted by Crippen LogP contribution is -2.19. The van der Waals surface area contributed by atoms with Crippen LogP contribution in [0.5, 0.6) is 5.75 Å². The van der Waals surface area contributed by atoms with Crippen molar-refractivity contribution < 1.29 is 9.53 Å². The van der Waals surface area contributed by atoms with Crippen molar-refractivity contribution in [1.29, 1.82) is 0 Å². The second-order valence-corrected chi connectivity index (χ2v) is 9.09. The second-order valence-electron chi connectivity index (χ2n) is 6.98. The van der Waals surface area contributed by atoms with Crippen molar-refractivity contribution in [1.82, 2.24) is 15.4 Å². The average Bonchev–Trinajstić information content (AvgIpc) is 2.71. The summed E-state index contributed by atoms with van der Waals surface area (Å²) in [5, 5.41) is 4.63. The quantitative estimate of drug-likeness (QED) is 0.144. The summed E-state index contributed by atoms with van der Waals surface area (Å²) in [4.78, 5) is 20.6. The number of nitrogens with one attached hydrogen (secondary N) is 1. The lowest BCUT2D eigenvalue weighted by molar-refractivity contribution is -0.118. The van der Waals surface area contributed by atoms with Crippen LogP contribution in [0.25, 0.3) is 0 Å². The molecular formula is C23H23IN4O2S. The summed E-state index contributed by atoms with van der Waals surface area (Å²) in [5.41, 5.74) is 7.52. The van der Waals surface area contributed by atoms with Crippen LogP contribution in [0.4, 0.5) is 0 Å². The molecule has 0 spiro atoms. The molecule has 0 unspecified atom stereocenters. The highest BCUT2D eigenvalue weighted by Gasteiger charge is 2.06. The number of hydrazone groups is 1. The van der Waals surface area contributed by atoms with Crippen LogP contribution in [-0.4, -0.2) is 27.8 Å². The molecule has 2 aromatic carbocycles. The number of carbonyl (C=O) groups is 1. The molecule has 0 saturated carbocycles. The zero-order valence-electron chi connectivity index (χ0n) is 17.6. The van der Waals surface area contributed by atoms with Crippen molar-refractivity contribution in [2.75, 3.05) is 5.75 Å². The van der Waals surface area contributed by atoms with Crippen molar-refractivity contribution in [3.05, 3.63) is 80.2 Å². The molecule has 0 atom stereocenters. The molecule has 3 aromatic rings. The van der Waals surface area contributed by atoms with Gasteiger partial charge in [0.2, 0.25) is 0 Å². The zero-order valence-corrected chi connectivity index (χ0v) is 20.5. The largest absolute Gasteiger partial charge is 0.488 e. The van der Waals surface area contributed by atoms with Crippen LogP contribution in [0.1, 0.15) is 28.1 Å². The predicted octanol–water partition coefficient (Wildman–Crippen LogP) is 4.83. The van der Waals surface area contributed by atoms with Crippen LogP contribution in [0, 0.1) is 24.3 Å². The summed E-state index contributed by atoms with van der Waals surface area (Å²) >= 11 is 3.52. The molecule has 1 heterocycles. The molecule has 160 valence electrons. The molecule has 0 aliphatic rings. The molecule has 0 radical (unpaired) electrons. The van der Waals surface area contributed by atoms with Gasteiger partial charge in [-0.25, -0.2) is 15.4 Å². The number of hydrogen-bond donors (Lipinski definition) is 1. The number of amides is 1. The van der Waals surface area contributed by atoms with Gasteiger partial charge in [0.1, 0.15) is 12.4 Å². The molecule has 0 aliphatic carbocycles. The van der Waals surface area contributed by atoms with E-state index in [9.17, 15) is 4.79 Å². The first kappa shape index (κ1) is 23.2. The van der Waals surface area contributed by atoms with Gasteiger partial charge in [0.25, 0.3) is 5.91 Å². The Morgan fingerprint density at radius 3 is 2.61 bits per heavy atom. The van der Waals surface area contributed by atoms with E-state index in [1.54, 1.807) is 6.21 Å². The summed E-state index contributed by atoms with van der Waals surface area (Å²) in [6.07, 6.45) is 1.61. The third-order valence-electron chi connectivity index (χ3n) is 4.13. The smallest absolute Gasteiger partial charge is 0.250 e. The fraction of sp³-hybridized carbons (Fsp3) is 0.217. The fourth-order valence-corrected chi connectivity index (χ4v) is 4.21. The Balaban J connectivity index is 1.49. The number of halogens is 1. The van der Waals surface area contributed by atoms with Crippen molar-refractivity contribution in [2.45, 2.75) is 32.5 Å². The highest BCUT2D eigenvalue weighted by molar-refractivity contribution is 14.1. The Morgan fingerprint density at radius 2 is 1.90 bits per heavy atom. The van der Waals surface area contributed by atoms with Gasteiger partial charge in [-0.1, -0.05) is 41.6 Å². The van der Waals surface area contributed by atoms with E-state index in [0.717, 1.165) is 31.8 Å². The second kappa shape index (κ2) is 11.2. The molecule has 31 heavy (non-hydrogen) atoms. The lowest BCUT2D eigenvalue weighted by atomic mass is 10.1. The Bertz CT molecular complexity index is 1080. The van der Waals surface area contributed by atoms with Gasteiger partial charge in [-0.3, -0.25) is 4.79 Å². The van der Waals surface area contributed by atoms with Crippen molar-refractivity contribution in [3.8, 4) is 5.75 Å². The van der Waals surface area contributed by atoms with Gasteiger partial charge in [-0.05, 0) is 78.8 Å². The van der Waals surface area contributed by atoms with E-state index in [1.807, 2.05) is 50.2 Å². The Morgan fingerprint density at radius 1 is 1.13 bits per heavy atom. The number of ether oxygens (including phenoxy) is 1. The lowest BCUT2D eigenvalue weighted by Gasteiger charge is -2.09. The van der Waals surface area contributed by atoms with E-state index in [1.165, 1.54) is 17.3 Å². The summed E-state index contributed by atoms with van der Waals surface area (Å²) in [7, 11) is 0. The minimum absolute atomic E-state index is 0.198. The minimum Gasteiger partial charge on any atom is -0.488 e. The average molecular weight is 546 g/mol. The van der Waals surface area contributed by atoms with Gasteiger partial charge in [-0.15, -0.1) is 0 Å². The van der Waals surface area contributed by atoms with E-state index in [-0.39, 0.29) is 11.7 Å². The standard InChI is InChI=1S/C23H23IN4O2S/c1-15-5-4-6-19(9-15)13-30-21-8-7-18(11-20(21)24)12-25-28-22(29)14-31-23-26-16(2)10-17(3)27-23/h4-12H,13-14H2,1-3H3,(H,28,29)/b25-12-. The summed E-state index contributed by atoms with van der Waals surface area (Å²) in [6.45, 7) is 6.39. The molecular weight excluding hydrogens is 523 g/mol. The van der Waals surface area contributed by atoms with E-state index in [0.29, 0.717) is 11.8 Å². The third kappa shape index (κ3) is 7.62. The Kier molecular flexibility index (Phi) is 8.42. The van der Waals surface area contributed by atoms with Crippen LogP contribution in [0.3, 0.4) is 0 Å². The van der Waals surface area contributed by atoms with Crippen LogP contribution < -0.4 is 10.2 Å². The molecule has 0 saturated heterocycles. The van der Waals surface area contributed by atoms with Crippen LogP contribution in [-0.2, 0) is 11.4 Å². The van der Waals surface area contributed by atoms with Crippen LogP contribution >= 0.6 is 34.4 Å². The van der Waals surface area contributed by atoms with E-state index in [2.05, 4.69) is 62.1 Å². The number of rotatable bonds is 8. The maximum atomic E-state index is 12.0. The molecule has 1 amide bonds. The van der Waals surface area contributed by atoms with Crippen molar-refractivity contribution >= 4 is 46.5 Å². The minimum atomic E-state index is -0.211. The summed E-state index contributed by atoms with van der Waals surface area (Å²) < 4.78 is 6.90. The van der Waals surface area contributed by atoms with Gasteiger partial charge in [0.05, 0.1) is 15.5 Å². The highest BCUT2D eigenvalue weighted by atomic mass is 127. The number of thioether (sulfide) groups is 1. The summed E-state index contributed by atoms with van der Waals surface area (Å²) in [5.74, 6) is 0.800. The van der Waals surface area contributed by atoms with Gasteiger partial charge >= 0.3 is 0 Å². The zero-order chi connectivity index (χ0) is 22.2. The predicted molar refractivity (Wildman–Crippen MR) is 133 cm³/mol. The molecule has 0 bridgehead atoms.